The number of rotatable bonds is 7. The average Bonchev–Trinajstić information content (AvgIpc) is 4.04. The van der Waals surface area contributed by atoms with Gasteiger partial charge in [-0.05, 0) is 80.6 Å². The van der Waals surface area contributed by atoms with Gasteiger partial charge < -0.3 is 13.7 Å². The maximum atomic E-state index is 9.01. The number of pyridine rings is 1. The van der Waals surface area contributed by atoms with Crippen LogP contribution in [-0.4, -0.2) is 23.5 Å². The second-order valence-corrected chi connectivity index (χ2v) is 15.7. The molecule has 0 unspecified atom stereocenters. The average molecular weight is 994 g/mol. The summed E-state index contributed by atoms with van der Waals surface area (Å²) in [6, 6.07) is 33.0. The van der Waals surface area contributed by atoms with Crippen molar-refractivity contribution < 1.29 is 44.1 Å². The van der Waals surface area contributed by atoms with E-state index in [9.17, 15) is 0 Å². The van der Waals surface area contributed by atoms with Crippen molar-refractivity contribution in [3.05, 3.63) is 199 Å². The van der Waals surface area contributed by atoms with E-state index in [1.807, 2.05) is 72.3 Å². The van der Waals surface area contributed by atoms with E-state index in [2.05, 4.69) is 49.7 Å². The standard InChI is InChI=1S/C54H40N6O.Pt/c1-36-16-13-27-48-51(36)56-53-59(48)47-29-28-42(34-49(47)60(53)50-32-39(30-31-55-50)54(2,3)4)61-41-22-14-21-40(33-41)57-35-58(46-26-12-11-25-45(46)57)52-43(37-17-7-5-8-18-37)23-15-24-44(52)38-19-9-6-10-20-38;/h5-32H,1-4H3;/q-2;/i5D,6D,7D,8D,9D,10D,17D,18D,19D,20D;. The minimum Gasteiger partial charge on any atom is -0.510 e. The normalized spacial score (nSPS) is 14.0. The molecule has 7 nitrogen and oxygen atoms in total. The molecule has 304 valence electrons. The van der Waals surface area contributed by atoms with Gasteiger partial charge in [0.25, 0.3) is 6.33 Å². The third-order valence-electron chi connectivity index (χ3n) is 10.8. The molecule has 0 bridgehead atoms. The summed E-state index contributed by atoms with van der Waals surface area (Å²) >= 11 is 0. The second-order valence-electron chi connectivity index (χ2n) is 15.7. The number of fused-ring (bicyclic) bond motifs is 6. The fourth-order valence-electron chi connectivity index (χ4n) is 7.91. The predicted octanol–water partition coefficient (Wildman–Crippen LogP) is 12.2. The van der Waals surface area contributed by atoms with Crippen LogP contribution in [0.3, 0.4) is 0 Å². The van der Waals surface area contributed by atoms with Gasteiger partial charge in [-0.2, -0.15) is 12.1 Å². The summed E-state index contributed by atoms with van der Waals surface area (Å²) in [6.07, 6.45) is 5.21. The first-order valence-corrected chi connectivity index (χ1v) is 19.7. The van der Waals surface area contributed by atoms with E-state index in [0.717, 1.165) is 27.7 Å². The molecule has 11 rings (SSSR count). The van der Waals surface area contributed by atoms with Gasteiger partial charge in [0.05, 0.1) is 41.5 Å². The van der Waals surface area contributed by atoms with Gasteiger partial charge in [0.2, 0.25) is 5.78 Å². The SMILES string of the molecule is [2H]c1c([2H])c([2H])c(-c2cccc(-c3c([2H])c([2H])c([2H])c([2H])c3[2H])c2-[n+]2[c-]n(-c3[c-]c(Oc4[c-]c5c(cc4)n4c6cccc(C)c6nc4n5-c4cc(C(C)(C)C)ccn4)ccc3)c3ccccc32)c([2H])c1[2H].[Pt]. The number of imidazole rings is 3. The molecule has 0 amide bonds. The molecule has 11 aromatic rings. The van der Waals surface area contributed by atoms with Gasteiger partial charge in [-0.1, -0.05) is 136 Å². The quantitative estimate of drug-likeness (QED) is 0.118. The van der Waals surface area contributed by atoms with Crippen LogP contribution >= 0.6 is 0 Å². The molecule has 0 saturated carbocycles. The van der Waals surface area contributed by atoms with Crippen LogP contribution in [0.1, 0.15) is 45.6 Å². The topological polar surface area (TPSA) is 53.2 Å². The van der Waals surface area contributed by atoms with Crippen molar-refractivity contribution in [3.63, 3.8) is 0 Å². The van der Waals surface area contributed by atoms with E-state index in [0.29, 0.717) is 45.3 Å². The summed E-state index contributed by atoms with van der Waals surface area (Å²) in [4.78, 5) is 9.97. The number of hydrogen-bond donors (Lipinski definition) is 0. The Morgan fingerprint density at radius 1 is 0.694 bits per heavy atom. The fourth-order valence-corrected chi connectivity index (χ4v) is 7.91. The molecule has 7 aromatic carbocycles. The van der Waals surface area contributed by atoms with Gasteiger partial charge in [-0.15, -0.1) is 30.3 Å². The van der Waals surface area contributed by atoms with Crippen LogP contribution < -0.4 is 9.30 Å². The minimum atomic E-state index is -0.575. The first kappa shape index (κ1) is 29.2. The van der Waals surface area contributed by atoms with Crippen molar-refractivity contribution in [3.8, 4) is 50.9 Å². The molecule has 0 atom stereocenters. The zero-order valence-corrected chi connectivity index (χ0v) is 36.1. The number of aryl methyl sites for hydroxylation is 1. The number of nitrogens with zero attached hydrogens (tertiary/aromatic N) is 6. The zero-order chi connectivity index (χ0) is 49.9. The molecule has 0 aliphatic heterocycles. The molecule has 0 fully saturated rings. The van der Waals surface area contributed by atoms with Crippen LogP contribution in [0.2, 0.25) is 0 Å². The third-order valence-corrected chi connectivity index (χ3v) is 10.8. The minimum absolute atomic E-state index is 0. The summed E-state index contributed by atoms with van der Waals surface area (Å²) in [5.41, 5.74) is 7.15. The van der Waals surface area contributed by atoms with Crippen molar-refractivity contribution in [1.82, 2.24) is 23.5 Å². The Bertz CT molecular complexity index is 3920. The van der Waals surface area contributed by atoms with E-state index in [4.69, 9.17) is 28.4 Å². The van der Waals surface area contributed by atoms with Crippen molar-refractivity contribution in [2.45, 2.75) is 33.1 Å². The molecule has 8 heteroatoms. The number of hydrogen-bond acceptors (Lipinski definition) is 3. The van der Waals surface area contributed by atoms with Crippen LogP contribution in [0.4, 0.5) is 0 Å². The molecule has 62 heavy (non-hydrogen) atoms. The zero-order valence-electron chi connectivity index (χ0n) is 43.8. The molecule has 0 spiro atoms. The molecule has 0 saturated heterocycles. The fraction of sp³-hybridized carbons (Fsp3) is 0.0926. The van der Waals surface area contributed by atoms with Crippen molar-refractivity contribution >= 4 is 38.9 Å². The van der Waals surface area contributed by atoms with Gasteiger partial charge in [-0.3, -0.25) is 9.13 Å². The van der Waals surface area contributed by atoms with Gasteiger partial charge in [-0.25, -0.2) is 9.97 Å². The van der Waals surface area contributed by atoms with Gasteiger partial charge in [0, 0.05) is 38.8 Å². The number of benzene rings is 7. The smallest absolute Gasteiger partial charge is 0.268 e. The summed E-state index contributed by atoms with van der Waals surface area (Å²) in [5, 5.41) is 0. The molecular weight excluding hydrogens is 944 g/mol. The van der Waals surface area contributed by atoms with E-state index >= 15 is 0 Å². The largest absolute Gasteiger partial charge is 0.510 e. The van der Waals surface area contributed by atoms with Crippen LogP contribution in [0.5, 0.6) is 11.5 Å². The van der Waals surface area contributed by atoms with Crippen molar-refractivity contribution in [1.29, 1.82) is 0 Å². The molecule has 0 aliphatic rings. The van der Waals surface area contributed by atoms with E-state index in [1.54, 1.807) is 51.6 Å². The summed E-state index contributed by atoms with van der Waals surface area (Å²) in [6.45, 7) is 8.52. The third kappa shape index (κ3) is 6.61. The Morgan fingerprint density at radius 2 is 1.37 bits per heavy atom. The van der Waals surface area contributed by atoms with Gasteiger partial charge in [0.15, 0.2) is 0 Å². The van der Waals surface area contributed by atoms with Crippen LogP contribution in [0, 0.1) is 25.4 Å². The Morgan fingerprint density at radius 3 is 2.11 bits per heavy atom. The van der Waals surface area contributed by atoms with Crippen LogP contribution in [-0.2, 0) is 26.5 Å². The van der Waals surface area contributed by atoms with Gasteiger partial charge in [0.1, 0.15) is 5.82 Å². The summed E-state index contributed by atoms with van der Waals surface area (Å²) in [7, 11) is 0. The molecule has 0 aliphatic carbocycles. The Labute approximate surface area is 388 Å². The molecule has 4 aromatic heterocycles. The van der Waals surface area contributed by atoms with E-state index < -0.39 is 60.4 Å². The van der Waals surface area contributed by atoms with Crippen LogP contribution in [0.25, 0.3) is 78.3 Å². The molecule has 0 radical (unpaired) electrons. The Hall–Kier alpha value is -7.08. The van der Waals surface area contributed by atoms with Crippen molar-refractivity contribution in [2.24, 2.45) is 0 Å². The Kier molecular flexibility index (Phi) is 7.27. The maximum Gasteiger partial charge on any atom is 0.268 e. The number of para-hydroxylation sites is 4. The summed E-state index contributed by atoms with van der Waals surface area (Å²) in [5.74, 6) is 2.09. The van der Waals surface area contributed by atoms with Crippen LogP contribution in [0.15, 0.2) is 170 Å². The number of aromatic nitrogens is 6. The Balaban J connectivity index is 0.00000596. The second kappa shape index (κ2) is 15.4. The molecule has 4 heterocycles. The molecule has 0 N–H and O–H groups in total. The summed E-state index contributed by atoms with van der Waals surface area (Å²) < 4.78 is 101. The maximum absolute atomic E-state index is 9.01. The number of ether oxygens (including phenoxy) is 1. The van der Waals surface area contributed by atoms with E-state index in [1.165, 1.54) is 0 Å². The predicted molar refractivity (Wildman–Crippen MR) is 243 cm³/mol. The van der Waals surface area contributed by atoms with Gasteiger partial charge >= 0.3 is 0 Å². The van der Waals surface area contributed by atoms with Crippen molar-refractivity contribution in [2.75, 3.05) is 0 Å². The van der Waals surface area contributed by atoms with E-state index in [-0.39, 0.29) is 54.4 Å². The monoisotopic (exact) mass is 993 g/mol. The first-order valence-electron chi connectivity index (χ1n) is 24.7. The first-order chi connectivity index (χ1) is 33.9. The molecular formula is C54H40N6OPt-2.